The molecule has 0 bridgehead atoms. The standard InChI is InChI=1S/C20H19N3/c1-4-6-7-16(5-2)20-22-18-14-15(3)8-9-19(18)23(20)17-10-12-21-13-11-17/h4-14H,2H2,1,3H3/b6-4-,16-7+. The fourth-order valence-corrected chi connectivity index (χ4v) is 2.57. The summed E-state index contributed by atoms with van der Waals surface area (Å²) >= 11 is 0. The molecule has 2 heterocycles. The minimum absolute atomic E-state index is 0.880. The van der Waals surface area contributed by atoms with E-state index in [1.807, 2.05) is 43.4 Å². The molecular weight excluding hydrogens is 282 g/mol. The summed E-state index contributed by atoms with van der Waals surface area (Å²) in [6, 6.07) is 10.3. The molecule has 23 heavy (non-hydrogen) atoms. The molecule has 0 radical (unpaired) electrons. The third kappa shape index (κ3) is 2.86. The van der Waals surface area contributed by atoms with Gasteiger partial charge in [-0.3, -0.25) is 9.55 Å². The van der Waals surface area contributed by atoms with Crippen LogP contribution < -0.4 is 0 Å². The lowest BCUT2D eigenvalue weighted by molar-refractivity contribution is 1.05. The summed E-state index contributed by atoms with van der Waals surface area (Å²) in [5.74, 6) is 0.880. The maximum absolute atomic E-state index is 4.84. The van der Waals surface area contributed by atoms with Gasteiger partial charge in [0, 0.05) is 18.0 Å². The Morgan fingerprint density at radius 2 is 1.96 bits per heavy atom. The van der Waals surface area contributed by atoms with E-state index in [1.54, 1.807) is 12.4 Å². The molecule has 0 aliphatic rings. The van der Waals surface area contributed by atoms with Gasteiger partial charge in [0.05, 0.1) is 16.7 Å². The van der Waals surface area contributed by atoms with Crippen LogP contribution in [0, 0.1) is 6.92 Å². The van der Waals surface area contributed by atoms with E-state index in [0.717, 1.165) is 28.1 Å². The van der Waals surface area contributed by atoms with Gasteiger partial charge < -0.3 is 0 Å². The van der Waals surface area contributed by atoms with Crippen LogP contribution in [-0.2, 0) is 0 Å². The maximum atomic E-state index is 4.84. The van der Waals surface area contributed by atoms with E-state index in [2.05, 4.69) is 41.3 Å². The first-order valence-corrected chi connectivity index (χ1v) is 7.60. The van der Waals surface area contributed by atoms with Crippen LogP contribution in [0.1, 0.15) is 18.3 Å². The number of hydrogen-bond donors (Lipinski definition) is 0. The van der Waals surface area contributed by atoms with Crippen molar-refractivity contribution in [3.8, 4) is 5.69 Å². The highest BCUT2D eigenvalue weighted by Crippen LogP contribution is 2.27. The van der Waals surface area contributed by atoms with Crippen molar-refractivity contribution in [2.75, 3.05) is 0 Å². The zero-order chi connectivity index (χ0) is 16.2. The fraction of sp³-hybridized carbons (Fsp3) is 0.100. The van der Waals surface area contributed by atoms with E-state index in [1.165, 1.54) is 5.56 Å². The summed E-state index contributed by atoms with van der Waals surface area (Å²) in [6.07, 6.45) is 11.4. The van der Waals surface area contributed by atoms with Crippen molar-refractivity contribution in [2.45, 2.75) is 13.8 Å². The summed E-state index contributed by atoms with van der Waals surface area (Å²) in [4.78, 5) is 8.96. The number of hydrogen-bond acceptors (Lipinski definition) is 2. The molecule has 0 spiro atoms. The van der Waals surface area contributed by atoms with Crippen molar-refractivity contribution in [3.05, 3.63) is 85.0 Å². The topological polar surface area (TPSA) is 30.7 Å². The molecule has 3 aromatic rings. The molecule has 0 N–H and O–H groups in total. The van der Waals surface area contributed by atoms with Gasteiger partial charge in [0.15, 0.2) is 0 Å². The third-order valence-electron chi connectivity index (χ3n) is 3.68. The second-order valence-electron chi connectivity index (χ2n) is 5.32. The Morgan fingerprint density at radius 3 is 2.65 bits per heavy atom. The molecule has 0 aliphatic heterocycles. The predicted molar refractivity (Wildman–Crippen MR) is 96.6 cm³/mol. The van der Waals surface area contributed by atoms with Crippen molar-refractivity contribution >= 4 is 16.6 Å². The first kappa shape index (κ1) is 15.0. The van der Waals surface area contributed by atoms with Gasteiger partial charge in [-0.05, 0) is 43.7 Å². The number of rotatable bonds is 4. The Balaban J connectivity index is 2.34. The molecule has 114 valence electrons. The third-order valence-corrected chi connectivity index (χ3v) is 3.68. The van der Waals surface area contributed by atoms with Gasteiger partial charge in [0.25, 0.3) is 0 Å². The Kier molecular flexibility index (Phi) is 4.20. The van der Waals surface area contributed by atoms with Gasteiger partial charge in [0.1, 0.15) is 5.82 Å². The molecule has 3 rings (SSSR count). The lowest BCUT2D eigenvalue weighted by atomic mass is 10.2. The molecule has 0 amide bonds. The van der Waals surface area contributed by atoms with Crippen molar-refractivity contribution in [2.24, 2.45) is 0 Å². The van der Waals surface area contributed by atoms with E-state index < -0.39 is 0 Å². The number of aryl methyl sites for hydroxylation is 1. The van der Waals surface area contributed by atoms with E-state index in [4.69, 9.17) is 4.98 Å². The van der Waals surface area contributed by atoms with E-state index >= 15 is 0 Å². The SMILES string of the molecule is C=C/C(=C\C=C/C)c1nc2cc(C)ccc2n1-c1ccncc1. The Morgan fingerprint density at radius 1 is 1.17 bits per heavy atom. The number of benzene rings is 1. The Bertz CT molecular complexity index is 899. The lowest BCUT2D eigenvalue weighted by Gasteiger charge is -2.09. The Hall–Kier alpha value is -2.94. The maximum Gasteiger partial charge on any atom is 0.145 e. The van der Waals surface area contributed by atoms with Crippen LogP contribution in [0.3, 0.4) is 0 Å². The second-order valence-corrected chi connectivity index (χ2v) is 5.32. The number of allylic oxidation sites excluding steroid dienone is 5. The van der Waals surface area contributed by atoms with E-state index in [-0.39, 0.29) is 0 Å². The molecular formula is C20H19N3. The van der Waals surface area contributed by atoms with Crippen LogP contribution in [0.25, 0.3) is 22.3 Å². The fourth-order valence-electron chi connectivity index (χ4n) is 2.57. The summed E-state index contributed by atoms with van der Waals surface area (Å²) in [5.41, 5.74) is 5.26. The van der Waals surface area contributed by atoms with Gasteiger partial charge in [-0.25, -0.2) is 4.98 Å². The highest BCUT2D eigenvalue weighted by atomic mass is 15.1. The summed E-state index contributed by atoms with van der Waals surface area (Å²) < 4.78 is 2.15. The van der Waals surface area contributed by atoms with Crippen molar-refractivity contribution < 1.29 is 0 Å². The number of aromatic nitrogens is 3. The predicted octanol–water partition coefficient (Wildman–Crippen LogP) is 4.87. The van der Waals surface area contributed by atoms with Crippen LogP contribution in [0.5, 0.6) is 0 Å². The summed E-state index contributed by atoms with van der Waals surface area (Å²) in [6.45, 7) is 8.02. The van der Waals surface area contributed by atoms with Crippen molar-refractivity contribution in [1.29, 1.82) is 0 Å². The average Bonchev–Trinajstić information content (AvgIpc) is 2.94. The molecule has 3 nitrogen and oxygen atoms in total. The molecule has 0 saturated carbocycles. The van der Waals surface area contributed by atoms with Crippen molar-refractivity contribution in [3.63, 3.8) is 0 Å². The molecule has 0 atom stereocenters. The first-order chi connectivity index (χ1) is 11.2. The van der Waals surface area contributed by atoms with Gasteiger partial charge in [-0.1, -0.05) is 36.9 Å². The number of pyridine rings is 1. The number of fused-ring (bicyclic) bond motifs is 1. The smallest absolute Gasteiger partial charge is 0.145 e. The van der Waals surface area contributed by atoms with Gasteiger partial charge in [-0.2, -0.15) is 0 Å². The minimum Gasteiger partial charge on any atom is -0.292 e. The summed E-state index contributed by atoms with van der Waals surface area (Å²) in [5, 5.41) is 0. The highest BCUT2D eigenvalue weighted by molar-refractivity contribution is 5.85. The van der Waals surface area contributed by atoms with Crippen molar-refractivity contribution in [1.82, 2.24) is 14.5 Å². The monoisotopic (exact) mass is 301 g/mol. The average molecular weight is 301 g/mol. The molecule has 0 unspecified atom stereocenters. The molecule has 0 aliphatic carbocycles. The lowest BCUT2D eigenvalue weighted by Crippen LogP contribution is -2.00. The van der Waals surface area contributed by atoms with Crippen LogP contribution in [0.4, 0.5) is 0 Å². The molecule has 1 aromatic carbocycles. The number of imidazole rings is 1. The highest BCUT2D eigenvalue weighted by Gasteiger charge is 2.14. The summed E-state index contributed by atoms with van der Waals surface area (Å²) in [7, 11) is 0. The van der Waals surface area contributed by atoms with Crippen LogP contribution in [-0.4, -0.2) is 14.5 Å². The zero-order valence-corrected chi connectivity index (χ0v) is 13.4. The quantitative estimate of drug-likeness (QED) is 0.643. The molecule has 3 heteroatoms. The minimum atomic E-state index is 0.880. The van der Waals surface area contributed by atoms with Crippen LogP contribution in [0.2, 0.25) is 0 Å². The van der Waals surface area contributed by atoms with Gasteiger partial charge in [-0.15, -0.1) is 0 Å². The van der Waals surface area contributed by atoms with Gasteiger partial charge >= 0.3 is 0 Å². The normalized spacial score (nSPS) is 12.2. The number of nitrogens with zero attached hydrogens (tertiary/aromatic N) is 3. The zero-order valence-electron chi connectivity index (χ0n) is 13.4. The Labute approximate surface area is 136 Å². The van der Waals surface area contributed by atoms with Gasteiger partial charge in [0.2, 0.25) is 0 Å². The molecule has 0 fully saturated rings. The molecule has 2 aromatic heterocycles. The van der Waals surface area contributed by atoms with Crippen LogP contribution in [0.15, 0.2) is 73.6 Å². The first-order valence-electron chi connectivity index (χ1n) is 7.60. The van der Waals surface area contributed by atoms with Crippen LogP contribution >= 0.6 is 0 Å². The van der Waals surface area contributed by atoms with E-state index in [9.17, 15) is 0 Å². The second kappa shape index (κ2) is 6.44. The largest absolute Gasteiger partial charge is 0.292 e. The molecule has 0 saturated heterocycles. The van der Waals surface area contributed by atoms with E-state index in [0.29, 0.717) is 0 Å².